The molecule has 0 saturated carbocycles. The number of phosphoric ester groups is 2. The number of hydrogen-bond acceptors (Lipinski definition) is 15. The third-order valence-corrected chi connectivity index (χ3v) is 17.6. The molecule has 0 aliphatic carbocycles. The number of unbranched alkanes of at least 4 members (excludes halogenated alkanes) is 13. The van der Waals surface area contributed by atoms with E-state index in [1.807, 2.05) is 30.4 Å². The highest BCUT2D eigenvalue weighted by atomic mass is 31.2. The van der Waals surface area contributed by atoms with Crippen LogP contribution < -0.4 is 0 Å². The number of esters is 4. The molecule has 0 aromatic rings. The second-order valence-corrected chi connectivity index (χ2v) is 28.7. The Morgan fingerprint density at radius 3 is 0.778 bits per heavy atom. The Bertz CT molecular complexity index is 2860. The van der Waals surface area contributed by atoms with Crippen LogP contribution in [0.3, 0.4) is 0 Å². The van der Waals surface area contributed by atoms with Crippen LogP contribution in [0.2, 0.25) is 0 Å². The molecule has 108 heavy (non-hydrogen) atoms. The molecule has 5 atom stereocenters. The molecular formula is C89H140O17P2. The molecule has 0 rings (SSSR count). The summed E-state index contributed by atoms with van der Waals surface area (Å²) in [4.78, 5) is 73.1. The number of rotatable bonds is 73. The summed E-state index contributed by atoms with van der Waals surface area (Å²) in [6, 6.07) is 0. The molecule has 0 heterocycles. The first kappa shape index (κ1) is 102. The molecule has 0 saturated heterocycles. The monoisotopic (exact) mass is 1540 g/mol. The van der Waals surface area contributed by atoms with Gasteiger partial charge in [-0.05, 0) is 167 Å². The van der Waals surface area contributed by atoms with E-state index in [1.165, 1.54) is 0 Å². The number of carbonyl (C=O) groups excluding carboxylic acids is 4. The van der Waals surface area contributed by atoms with E-state index in [0.717, 1.165) is 180 Å². The molecule has 17 nitrogen and oxygen atoms in total. The fourth-order valence-electron chi connectivity index (χ4n) is 9.78. The number of allylic oxidation sites excluding steroid dienone is 34. The summed E-state index contributed by atoms with van der Waals surface area (Å²) in [6.45, 7) is 4.21. The van der Waals surface area contributed by atoms with E-state index in [-0.39, 0.29) is 25.7 Å². The minimum atomic E-state index is -5.02. The molecule has 0 fully saturated rings. The van der Waals surface area contributed by atoms with E-state index in [2.05, 4.69) is 204 Å². The zero-order valence-electron chi connectivity index (χ0n) is 66.4. The average molecular weight is 1540 g/mol. The van der Waals surface area contributed by atoms with Gasteiger partial charge >= 0.3 is 39.5 Å². The van der Waals surface area contributed by atoms with Crippen molar-refractivity contribution in [2.24, 2.45) is 0 Å². The van der Waals surface area contributed by atoms with Gasteiger partial charge < -0.3 is 33.8 Å². The van der Waals surface area contributed by atoms with Gasteiger partial charge in [0.1, 0.15) is 19.3 Å². The summed E-state index contributed by atoms with van der Waals surface area (Å²) < 4.78 is 68.5. The van der Waals surface area contributed by atoms with Gasteiger partial charge in [0.25, 0.3) is 0 Å². The Morgan fingerprint density at radius 1 is 0.259 bits per heavy atom. The Balaban J connectivity index is 5.53. The molecule has 0 bridgehead atoms. The van der Waals surface area contributed by atoms with Gasteiger partial charge in [-0.1, -0.05) is 286 Å². The van der Waals surface area contributed by atoms with Crippen LogP contribution in [0.4, 0.5) is 0 Å². The van der Waals surface area contributed by atoms with Crippen LogP contribution >= 0.6 is 15.6 Å². The Hall–Kier alpha value is -6.36. The smallest absolute Gasteiger partial charge is 0.462 e. The van der Waals surface area contributed by atoms with Crippen LogP contribution in [0.25, 0.3) is 0 Å². The average Bonchev–Trinajstić information content (AvgIpc) is 0.906. The standard InChI is InChI=1S/C89H140O17P2/c1-5-9-13-17-21-25-29-33-37-40-41-44-47-50-54-58-62-66-70-74-87(92)100-80-85(106-89(94)76-72-68-64-60-56-52-48-43-39-35-31-27-23-19-15-11-7-3)82-104-108(97,98)102-78-83(90)77-101-107(95,96)103-81-84(105-88(93)75-71-67-63-59-55-51-45-36-32-28-24-20-16-12-8-4)79-99-86(91)73-69-65-61-57-53-49-46-42-38-34-30-26-22-18-14-10-6-2/h9-16,21-28,33-39,41,44-46,49-50,54,57,61-62,66,83-85,90H,5-8,17-20,29-32,40,42-43,47-48,51-53,55-56,58-60,63-65,67-82H2,1-4H3,(H,95,96)(H,97,98)/b13-9-,14-10-,15-11-,16-12-,25-21-,26-22-,27-23-,28-24-,37-33-,38-34-,39-35-,44-41-,45-36-,49-46-,54-50-,61-57-,66-62-. The van der Waals surface area contributed by atoms with Crippen LogP contribution in [-0.4, -0.2) is 96.7 Å². The third-order valence-electron chi connectivity index (χ3n) is 15.7. The maximum Gasteiger partial charge on any atom is 0.472 e. The molecule has 608 valence electrons. The summed E-state index contributed by atoms with van der Waals surface area (Å²) in [5, 5.41) is 10.7. The van der Waals surface area contributed by atoms with Gasteiger partial charge in [0, 0.05) is 25.7 Å². The Morgan fingerprint density at radius 2 is 0.481 bits per heavy atom. The molecule has 0 aliphatic heterocycles. The molecule has 5 unspecified atom stereocenters. The Kier molecular flexibility index (Phi) is 74.1. The molecule has 0 radical (unpaired) electrons. The van der Waals surface area contributed by atoms with Gasteiger partial charge in [-0.25, -0.2) is 9.13 Å². The van der Waals surface area contributed by atoms with Crippen molar-refractivity contribution in [3.8, 4) is 0 Å². The van der Waals surface area contributed by atoms with Gasteiger partial charge in [0.05, 0.1) is 26.4 Å². The van der Waals surface area contributed by atoms with Crippen LogP contribution in [0, 0.1) is 0 Å². The van der Waals surface area contributed by atoms with Crippen molar-refractivity contribution in [3.05, 3.63) is 207 Å². The van der Waals surface area contributed by atoms with E-state index < -0.39 is 97.5 Å². The van der Waals surface area contributed by atoms with Gasteiger partial charge in [-0.2, -0.15) is 0 Å². The lowest BCUT2D eigenvalue weighted by Crippen LogP contribution is -2.30. The zero-order chi connectivity index (χ0) is 78.9. The molecular weight excluding hydrogens is 1400 g/mol. The molecule has 0 amide bonds. The van der Waals surface area contributed by atoms with E-state index in [0.29, 0.717) is 38.5 Å². The predicted octanol–water partition coefficient (Wildman–Crippen LogP) is 23.9. The highest BCUT2D eigenvalue weighted by Crippen LogP contribution is 2.45. The first-order chi connectivity index (χ1) is 52.7. The highest BCUT2D eigenvalue weighted by Gasteiger charge is 2.30. The van der Waals surface area contributed by atoms with Gasteiger partial charge in [-0.15, -0.1) is 0 Å². The van der Waals surface area contributed by atoms with Crippen LogP contribution in [0.5, 0.6) is 0 Å². The van der Waals surface area contributed by atoms with Crippen molar-refractivity contribution in [3.63, 3.8) is 0 Å². The topological polar surface area (TPSA) is 237 Å². The lowest BCUT2D eigenvalue weighted by atomic mass is 10.1. The van der Waals surface area contributed by atoms with Crippen LogP contribution in [-0.2, 0) is 65.4 Å². The van der Waals surface area contributed by atoms with Crippen molar-refractivity contribution in [1.29, 1.82) is 0 Å². The van der Waals surface area contributed by atoms with Gasteiger partial charge in [-0.3, -0.25) is 37.3 Å². The summed E-state index contributed by atoms with van der Waals surface area (Å²) in [6.07, 6.45) is 98.2. The summed E-state index contributed by atoms with van der Waals surface area (Å²) in [5.41, 5.74) is 0. The molecule has 0 aromatic carbocycles. The molecule has 3 N–H and O–H groups in total. The van der Waals surface area contributed by atoms with E-state index in [1.54, 1.807) is 0 Å². The fourth-order valence-corrected chi connectivity index (χ4v) is 11.4. The molecule has 19 heteroatoms. The molecule has 0 aromatic heterocycles. The SMILES string of the molecule is CC/C=C\C/C=C\C/C=C\C/C=C\C/C=C\C/C=C\CCC(=O)OCC(COP(=O)(O)OCC(O)COP(=O)(O)OCC(COC(=O)CCC/C=C\C/C=C\C/C=C\C/C=C\C/C=C\CC)OC(=O)CCCCCCC/C=C\C/C=C\C/C=C\CC)OC(=O)CCCCCCCCC/C=C\C/C=C\C/C=C\CC. The Labute approximate surface area is 652 Å². The predicted molar refractivity (Wildman–Crippen MR) is 445 cm³/mol. The summed E-state index contributed by atoms with van der Waals surface area (Å²) in [7, 11) is -10.0. The van der Waals surface area contributed by atoms with Crippen molar-refractivity contribution in [2.45, 2.75) is 290 Å². The number of aliphatic hydroxyl groups excluding tert-OH is 1. The highest BCUT2D eigenvalue weighted by molar-refractivity contribution is 7.47. The van der Waals surface area contributed by atoms with Crippen LogP contribution in [0.15, 0.2) is 207 Å². The number of hydrogen-bond donors (Lipinski definition) is 3. The first-order valence-corrected chi connectivity index (χ1v) is 43.3. The molecule has 0 spiro atoms. The zero-order valence-corrected chi connectivity index (χ0v) is 68.2. The number of phosphoric acid groups is 2. The lowest BCUT2D eigenvalue weighted by Gasteiger charge is -2.21. The second-order valence-electron chi connectivity index (χ2n) is 25.8. The van der Waals surface area contributed by atoms with E-state index >= 15 is 0 Å². The lowest BCUT2D eigenvalue weighted by molar-refractivity contribution is -0.161. The van der Waals surface area contributed by atoms with Gasteiger partial charge in [0.2, 0.25) is 0 Å². The minimum Gasteiger partial charge on any atom is -0.462 e. The maximum atomic E-state index is 13.1. The van der Waals surface area contributed by atoms with Crippen molar-refractivity contribution < 1.29 is 80.2 Å². The second kappa shape index (κ2) is 78.8. The number of carbonyl (C=O) groups is 4. The summed E-state index contributed by atoms with van der Waals surface area (Å²) >= 11 is 0. The number of ether oxygens (including phenoxy) is 4. The fraction of sp³-hybridized carbons (Fsp3) is 0.573. The van der Waals surface area contributed by atoms with Gasteiger partial charge in [0.15, 0.2) is 12.2 Å². The summed E-state index contributed by atoms with van der Waals surface area (Å²) in [5.74, 6) is -2.39. The van der Waals surface area contributed by atoms with Crippen molar-refractivity contribution in [2.75, 3.05) is 39.6 Å². The normalized spacial score (nSPS) is 14.9. The first-order valence-electron chi connectivity index (χ1n) is 40.3. The van der Waals surface area contributed by atoms with Crippen molar-refractivity contribution >= 4 is 39.5 Å². The van der Waals surface area contributed by atoms with E-state index in [4.69, 9.17) is 37.0 Å². The third kappa shape index (κ3) is 77.8. The quantitative estimate of drug-likeness (QED) is 0.0169. The van der Waals surface area contributed by atoms with Crippen molar-refractivity contribution in [1.82, 2.24) is 0 Å². The number of aliphatic hydroxyl groups is 1. The largest absolute Gasteiger partial charge is 0.472 e. The molecule has 0 aliphatic rings. The van der Waals surface area contributed by atoms with Crippen LogP contribution in [0.1, 0.15) is 272 Å². The maximum absolute atomic E-state index is 13.1. The van der Waals surface area contributed by atoms with E-state index in [9.17, 15) is 43.2 Å². The minimum absolute atomic E-state index is 0.0243.